The molecule has 2 aromatic carbocycles. The topological polar surface area (TPSA) is 87.7 Å². The first-order valence-electron chi connectivity index (χ1n) is 11.3. The zero-order chi connectivity index (χ0) is 24.6. The van der Waals surface area contributed by atoms with Crippen LogP contribution in [0.1, 0.15) is 30.9 Å². The number of halogens is 1. The number of hydrogen-bond acceptors (Lipinski definition) is 6. The number of benzene rings is 2. The van der Waals surface area contributed by atoms with E-state index in [9.17, 15) is 17.6 Å². The maximum atomic E-state index is 14.1. The fourth-order valence-electron chi connectivity index (χ4n) is 4.14. The predicted octanol–water partition coefficient (Wildman–Crippen LogP) is 3.19. The minimum Gasteiger partial charge on any atom is -0.496 e. The third-order valence-electron chi connectivity index (χ3n) is 5.90. The minimum absolute atomic E-state index is 0.105. The maximum absolute atomic E-state index is 14.1. The van der Waals surface area contributed by atoms with Crippen molar-refractivity contribution in [2.45, 2.75) is 36.2 Å². The molecule has 1 heterocycles. The van der Waals surface area contributed by atoms with Crippen LogP contribution in [0.4, 0.5) is 4.39 Å². The van der Waals surface area contributed by atoms with Crippen molar-refractivity contribution in [3.63, 3.8) is 0 Å². The second kappa shape index (κ2) is 12.5. The van der Waals surface area contributed by atoms with Gasteiger partial charge < -0.3 is 10.1 Å². The zero-order valence-corrected chi connectivity index (χ0v) is 21.1. The van der Waals surface area contributed by atoms with Crippen molar-refractivity contribution in [1.29, 1.82) is 0 Å². The van der Waals surface area contributed by atoms with Gasteiger partial charge in [0.15, 0.2) is 0 Å². The molecule has 0 saturated carbocycles. The van der Waals surface area contributed by atoms with Crippen LogP contribution in [0.15, 0.2) is 53.4 Å². The summed E-state index contributed by atoms with van der Waals surface area (Å²) in [6, 6.07) is 11.7. The highest BCUT2D eigenvalue weighted by molar-refractivity contribution is 7.98. The lowest BCUT2D eigenvalue weighted by Crippen LogP contribution is -2.49. The third-order valence-corrected chi connectivity index (χ3v) is 8.05. The van der Waals surface area contributed by atoms with E-state index in [0.29, 0.717) is 12.3 Å². The second-order valence-electron chi connectivity index (χ2n) is 8.13. The first kappa shape index (κ1) is 26.5. The minimum atomic E-state index is -4.21. The Kier molecular flexibility index (Phi) is 9.75. The Morgan fingerprint density at radius 1 is 1.15 bits per heavy atom. The van der Waals surface area contributed by atoms with E-state index in [1.54, 1.807) is 7.11 Å². The molecule has 0 unspecified atom stereocenters. The molecule has 10 heteroatoms. The largest absolute Gasteiger partial charge is 0.496 e. The van der Waals surface area contributed by atoms with Crippen molar-refractivity contribution < 1.29 is 22.3 Å². The van der Waals surface area contributed by atoms with Crippen molar-refractivity contribution in [2.75, 3.05) is 38.8 Å². The molecule has 186 valence electrons. The van der Waals surface area contributed by atoms with Gasteiger partial charge in [-0.3, -0.25) is 9.69 Å². The summed E-state index contributed by atoms with van der Waals surface area (Å²) in [4.78, 5) is 15.0. The molecule has 0 spiro atoms. The Morgan fingerprint density at radius 3 is 2.50 bits per heavy atom. The van der Waals surface area contributed by atoms with Gasteiger partial charge in [0.1, 0.15) is 22.5 Å². The Balaban J connectivity index is 1.77. The molecule has 7 nitrogen and oxygen atoms in total. The number of para-hydroxylation sites is 1. The van der Waals surface area contributed by atoms with Crippen molar-refractivity contribution in [3.8, 4) is 5.75 Å². The lowest BCUT2D eigenvalue weighted by molar-refractivity contribution is -0.123. The van der Waals surface area contributed by atoms with Crippen LogP contribution in [0, 0.1) is 5.82 Å². The van der Waals surface area contributed by atoms with Crippen molar-refractivity contribution in [2.24, 2.45) is 0 Å². The van der Waals surface area contributed by atoms with E-state index in [-0.39, 0.29) is 12.5 Å². The molecule has 0 aliphatic carbocycles. The number of ether oxygens (including phenoxy) is 1. The molecule has 1 aliphatic rings. The van der Waals surface area contributed by atoms with Gasteiger partial charge in [-0.2, -0.15) is 16.5 Å². The lowest BCUT2D eigenvalue weighted by Gasteiger charge is -2.30. The molecular formula is C24H32FN3O4S2. The van der Waals surface area contributed by atoms with E-state index in [2.05, 4.69) is 14.9 Å². The molecule has 2 atom stereocenters. The van der Waals surface area contributed by atoms with Gasteiger partial charge >= 0.3 is 0 Å². The smallest absolute Gasteiger partial charge is 0.244 e. The van der Waals surface area contributed by atoms with Crippen molar-refractivity contribution >= 4 is 27.7 Å². The first-order chi connectivity index (χ1) is 16.4. The fourth-order valence-corrected chi connectivity index (χ4v) is 5.92. The number of nitrogens with zero attached hydrogens (tertiary/aromatic N) is 1. The molecule has 1 fully saturated rings. The number of amides is 1. The van der Waals surface area contributed by atoms with Crippen LogP contribution in [-0.2, 0) is 14.8 Å². The van der Waals surface area contributed by atoms with Gasteiger partial charge in [-0.05, 0) is 62.6 Å². The van der Waals surface area contributed by atoms with Crippen LogP contribution in [-0.4, -0.2) is 64.0 Å². The quantitative estimate of drug-likeness (QED) is 0.457. The maximum Gasteiger partial charge on any atom is 0.244 e. The van der Waals surface area contributed by atoms with Gasteiger partial charge in [-0.25, -0.2) is 12.8 Å². The Bertz CT molecular complexity index is 1060. The lowest BCUT2D eigenvalue weighted by atomic mass is 10.0. The number of methoxy groups -OCH3 is 1. The highest BCUT2D eigenvalue weighted by atomic mass is 32.2. The highest BCUT2D eigenvalue weighted by Gasteiger charge is 2.30. The number of carbonyl (C=O) groups is 1. The van der Waals surface area contributed by atoms with Crippen LogP contribution in [0.5, 0.6) is 5.75 Å². The predicted molar refractivity (Wildman–Crippen MR) is 133 cm³/mol. The number of thioether (sulfide) groups is 1. The number of rotatable bonds is 12. The van der Waals surface area contributed by atoms with E-state index in [1.165, 1.54) is 30.0 Å². The van der Waals surface area contributed by atoms with Crippen LogP contribution in [0.25, 0.3) is 0 Å². The van der Waals surface area contributed by atoms with Gasteiger partial charge in [0.2, 0.25) is 15.9 Å². The summed E-state index contributed by atoms with van der Waals surface area (Å²) in [7, 11) is -2.59. The summed E-state index contributed by atoms with van der Waals surface area (Å²) >= 11 is 1.51. The number of sulfonamides is 1. The molecule has 1 aliphatic heterocycles. The molecule has 0 radical (unpaired) electrons. The summed E-state index contributed by atoms with van der Waals surface area (Å²) in [5, 5.41) is 2.94. The zero-order valence-electron chi connectivity index (χ0n) is 19.5. The van der Waals surface area contributed by atoms with E-state index in [1.807, 2.05) is 30.5 Å². The van der Waals surface area contributed by atoms with Crippen molar-refractivity contribution in [3.05, 3.63) is 59.9 Å². The normalized spacial score (nSPS) is 16.2. The number of hydrogen-bond donors (Lipinski definition) is 2. The van der Waals surface area contributed by atoms with Crippen LogP contribution in [0.2, 0.25) is 0 Å². The number of likely N-dealkylation sites (tertiary alicyclic amines) is 1. The molecular weight excluding hydrogens is 477 g/mol. The molecule has 0 aromatic heterocycles. The molecule has 0 bridgehead atoms. The summed E-state index contributed by atoms with van der Waals surface area (Å²) in [6.07, 6.45) is 4.33. The SMILES string of the molecule is COc1ccccc1[C@@H](CNC(=O)[C@@H](CCSC)NS(=O)(=O)c1ccccc1F)N1CCCC1. The molecule has 1 amide bonds. The van der Waals surface area contributed by atoms with E-state index >= 15 is 0 Å². The summed E-state index contributed by atoms with van der Waals surface area (Å²) < 4.78 is 47.7. The average Bonchev–Trinajstić information content (AvgIpc) is 3.37. The summed E-state index contributed by atoms with van der Waals surface area (Å²) in [5.41, 5.74) is 0.972. The number of nitrogens with one attached hydrogen (secondary N) is 2. The molecule has 2 aromatic rings. The van der Waals surface area contributed by atoms with Crippen LogP contribution >= 0.6 is 11.8 Å². The van der Waals surface area contributed by atoms with Gasteiger partial charge in [-0.1, -0.05) is 30.3 Å². The van der Waals surface area contributed by atoms with Crippen LogP contribution < -0.4 is 14.8 Å². The standard InChI is InChI=1S/C24H32FN3O4S2/c1-32-22-11-5-3-9-18(22)21(28-14-7-8-15-28)17-26-24(29)20(13-16-33-2)27-34(30,31)23-12-6-4-10-19(23)25/h3-6,9-12,20-21,27H,7-8,13-17H2,1-2H3,(H,26,29)/t20-,21-/m1/s1. The highest BCUT2D eigenvalue weighted by Crippen LogP contribution is 2.31. The monoisotopic (exact) mass is 509 g/mol. The molecule has 2 N–H and O–H groups in total. The Morgan fingerprint density at radius 2 is 1.82 bits per heavy atom. The van der Waals surface area contributed by atoms with Crippen molar-refractivity contribution in [1.82, 2.24) is 14.9 Å². The first-order valence-corrected chi connectivity index (χ1v) is 14.2. The third kappa shape index (κ3) is 6.71. The van der Waals surface area contributed by atoms with E-state index < -0.39 is 32.7 Å². The molecule has 1 saturated heterocycles. The Labute approximate surface area is 205 Å². The molecule has 34 heavy (non-hydrogen) atoms. The summed E-state index contributed by atoms with van der Waals surface area (Å²) in [5.74, 6) is 0.0186. The average molecular weight is 510 g/mol. The van der Waals surface area contributed by atoms with E-state index in [0.717, 1.165) is 43.3 Å². The molecule has 3 rings (SSSR count). The van der Waals surface area contributed by atoms with Gasteiger partial charge in [0.25, 0.3) is 0 Å². The Hall–Kier alpha value is -2.14. The fraction of sp³-hybridized carbons (Fsp3) is 0.458. The summed E-state index contributed by atoms with van der Waals surface area (Å²) in [6.45, 7) is 2.12. The number of carbonyl (C=O) groups excluding carboxylic acids is 1. The van der Waals surface area contributed by atoms with E-state index in [4.69, 9.17) is 4.74 Å². The second-order valence-corrected chi connectivity index (χ2v) is 10.8. The van der Waals surface area contributed by atoms with Gasteiger partial charge in [0, 0.05) is 12.1 Å². The van der Waals surface area contributed by atoms with Gasteiger partial charge in [-0.15, -0.1) is 0 Å². The van der Waals surface area contributed by atoms with Gasteiger partial charge in [0.05, 0.1) is 13.2 Å². The van der Waals surface area contributed by atoms with Crippen LogP contribution in [0.3, 0.4) is 0 Å².